The van der Waals surface area contributed by atoms with Crippen LogP contribution in [0.3, 0.4) is 0 Å². The summed E-state index contributed by atoms with van der Waals surface area (Å²) in [5, 5.41) is 6.96. The third-order valence-corrected chi connectivity index (χ3v) is 6.94. The second kappa shape index (κ2) is 9.45. The Balaban J connectivity index is 1.21. The number of fused-ring (bicyclic) bond motifs is 1. The predicted octanol–water partition coefficient (Wildman–Crippen LogP) is 4.04. The molecule has 1 aromatic heterocycles. The highest BCUT2D eigenvalue weighted by atomic mass is 15.1. The van der Waals surface area contributed by atoms with Gasteiger partial charge >= 0.3 is 0 Å². The summed E-state index contributed by atoms with van der Waals surface area (Å²) in [5.41, 5.74) is 11.2. The van der Waals surface area contributed by atoms with E-state index in [4.69, 9.17) is 10.7 Å². The van der Waals surface area contributed by atoms with Crippen molar-refractivity contribution in [2.45, 2.75) is 57.4 Å². The maximum Gasteiger partial charge on any atom is 0.229 e. The van der Waals surface area contributed by atoms with Crippen molar-refractivity contribution in [1.29, 1.82) is 0 Å². The third kappa shape index (κ3) is 5.04. The first kappa shape index (κ1) is 21.2. The van der Waals surface area contributed by atoms with E-state index in [9.17, 15) is 0 Å². The number of nitrogens with two attached hydrogens (primary N) is 1. The lowest BCUT2D eigenvalue weighted by molar-refractivity contribution is 0.313. The molecule has 1 aliphatic heterocycles. The zero-order valence-corrected chi connectivity index (χ0v) is 19.1. The highest BCUT2D eigenvalue weighted by Gasteiger charge is 2.27. The van der Waals surface area contributed by atoms with Gasteiger partial charge in [0.15, 0.2) is 0 Å². The van der Waals surface area contributed by atoms with E-state index in [1.54, 1.807) is 0 Å². The van der Waals surface area contributed by atoms with Gasteiger partial charge in [0.25, 0.3) is 0 Å². The maximum absolute atomic E-state index is 6.09. The van der Waals surface area contributed by atoms with Crippen LogP contribution in [0.1, 0.15) is 61.1 Å². The number of amidine groups is 1. The van der Waals surface area contributed by atoms with E-state index in [0.29, 0.717) is 17.8 Å². The van der Waals surface area contributed by atoms with Crippen LogP contribution in [0, 0.1) is 5.92 Å². The van der Waals surface area contributed by atoms with E-state index >= 15 is 0 Å². The second-order valence-electron chi connectivity index (χ2n) is 9.58. The minimum atomic E-state index is 0.532. The van der Waals surface area contributed by atoms with Gasteiger partial charge in [-0.1, -0.05) is 12.5 Å². The summed E-state index contributed by atoms with van der Waals surface area (Å²) in [4.78, 5) is 16.4. The molecular weight excluding hydrogens is 398 g/mol. The zero-order chi connectivity index (χ0) is 21.9. The average molecular weight is 434 g/mol. The van der Waals surface area contributed by atoms with E-state index in [1.165, 1.54) is 48.8 Å². The standard InChI is InChI=1S/C25H35N7/c1-32-13-10-19-14-21(9-8-20(19)16-32)30-25-29-15-22(17-6-7-17)24(31-25)28-12-3-11-27-23(26)18-4-2-5-18/h8-9,14-15,17-18H,2-7,10-13,16H2,1H3,(H2,26,27)(H2,28,29,30,31). The number of aliphatic imine (C=N–C) groups is 1. The van der Waals surface area contributed by atoms with Crippen molar-refractivity contribution in [1.82, 2.24) is 14.9 Å². The molecule has 3 aliphatic rings. The molecule has 7 nitrogen and oxygen atoms in total. The number of likely N-dealkylation sites (N-methyl/N-ethyl adjacent to an activating group) is 1. The molecule has 2 fully saturated rings. The molecule has 2 aromatic rings. The van der Waals surface area contributed by atoms with Crippen molar-refractivity contribution in [3.63, 3.8) is 0 Å². The number of hydrogen-bond donors (Lipinski definition) is 3. The summed E-state index contributed by atoms with van der Waals surface area (Å²) < 4.78 is 0. The highest BCUT2D eigenvalue weighted by molar-refractivity contribution is 5.83. The Morgan fingerprint density at radius 2 is 2.09 bits per heavy atom. The van der Waals surface area contributed by atoms with Gasteiger partial charge in [0, 0.05) is 49.5 Å². The number of rotatable bonds is 9. The van der Waals surface area contributed by atoms with Crippen molar-refractivity contribution in [2.24, 2.45) is 16.6 Å². The lowest BCUT2D eigenvalue weighted by Gasteiger charge is -2.25. The van der Waals surface area contributed by atoms with E-state index in [0.717, 1.165) is 56.4 Å². The first-order chi connectivity index (χ1) is 15.7. The molecule has 32 heavy (non-hydrogen) atoms. The summed E-state index contributed by atoms with van der Waals surface area (Å²) >= 11 is 0. The normalized spacial score (nSPS) is 19.3. The summed E-state index contributed by atoms with van der Waals surface area (Å²) in [7, 11) is 2.18. The summed E-state index contributed by atoms with van der Waals surface area (Å²) in [6.45, 7) is 3.73. The van der Waals surface area contributed by atoms with Gasteiger partial charge in [0.2, 0.25) is 5.95 Å². The fourth-order valence-corrected chi connectivity index (χ4v) is 4.51. The Morgan fingerprint density at radius 3 is 2.88 bits per heavy atom. The van der Waals surface area contributed by atoms with Crippen molar-refractivity contribution < 1.29 is 0 Å². The predicted molar refractivity (Wildman–Crippen MR) is 131 cm³/mol. The van der Waals surface area contributed by atoms with Gasteiger partial charge in [-0.25, -0.2) is 4.98 Å². The van der Waals surface area contributed by atoms with Gasteiger partial charge in [0.05, 0.1) is 5.84 Å². The highest BCUT2D eigenvalue weighted by Crippen LogP contribution is 2.42. The zero-order valence-electron chi connectivity index (χ0n) is 19.1. The van der Waals surface area contributed by atoms with Gasteiger partial charge < -0.3 is 21.3 Å². The molecule has 170 valence electrons. The molecule has 0 atom stereocenters. The average Bonchev–Trinajstić information content (AvgIpc) is 3.58. The van der Waals surface area contributed by atoms with Crippen LogP contribution in [-0.4, -0.2) is 47.4 Å². The van der Waals surface area contributed by atoms with Crippen LogP contribution < -0.4 is 16.4 Å². The van der Waals surface area contributed by atoms with Crippen LogP contribution in [0.15, 0.2) is 29.4 Å². The minimum Gasteiger partial charge on any atom is -0.387 e. The number of nitrogens with one attached hydrogen (secondary N) is 2. The molecule has 0 amide bonds. The smallest absolute Gasteiger partial charge is 0.229 e. The molecule has 4 N–H and O–H groups in total. The summed E-state index contributed by atoms with van der Waals surface area (Å²) in [6.07, 6.45) is 10.2. The van der Waals surface area contributed by atoms with Crippen LogP contribution in [0.5, 0.6) is 0 Å². The molecule has 2 aliphatic carbocycles. The SMILES string of the molecule is CN1CCc2cc(Nc3ncc(C4CC4)c(NCCCN=C(N)C4CCC4)n3)ccc2C1. The van der Waals surface area contributed by atoms with Crippen LogP contribution >= 0.6 is 0 Å². The fraction of sp³-hybridized carbons (Fsp3) is 0.560. The van der Waals surface area contributed by atoms with E-state index < -0.39 is 0 Å². The molecule has 0 spiro atoms. The third-order valence-electron chi connectivity index (χ3n) is 6.94. The van der Waals surface area contributed by atoms with Crippen molar-refractivity contribution in [2.75, 3.05) is 37.3 Å². The molecule has 0 unspecified atom stereocenters. The Labute approximate surface area is 190 Å². The van der Waals surface area contributed by atoms with Crippen LogP contribution in [0.25, 0.3) is 0 Å². The molecule has 1 aromatic carbocycles. The number of hydrogen-bond acceptors (Lipinski definition) is 6. The number of aromatic nitrogens is 2. The largest absolute Gasteiger partial charge is 0.387 e. The molecule has 0 saturated heterocycles. The van der Waals surface area contributed by atoms with Gasteiger partial charge in [0.1, 0.15) is 5.82 Å². The lowest BCUT2D eigenvalue weighted by Crippen LogP contribution is -2.29. The molecule has 7 heteroatoms. The number of anilines is 3. The molecule has 0 radical (unpaired) electrons. The second-order valence-corrected chi connectivity index (χ2v) is 9.58. The maximum atomic E-state index is 6.09. The molecule has 2 heterocycles. The quantitative estimate of drug-likeness (QED) is 0.314. The van der Waals surface area contributed by atoms with Crippen LogP contribution in [0.2, 0.25) is 0 Å². The summed E-state index contributed by atoms with van der Waals surface area (Å²) in [5.74, 6) is 3.58. The monoisotopic (exact) mass is 433 g/mol. The Morgan fingerprint density at radius 1 is 1.22 bits per heavy atom. The minimum absolute atomic E-state index is 0.532. The van der Waals surface area contributed by atoms with Crippen molar-refractivity contribution >= 4 is 23.3 Å². The Kier molecular flexibility index (Phi) is 6.26. The molecule has 5 rings (SSSR count). The van der Waals surface area contributed by atoms with Gasteiger partial charge in [-0.05, 0) is 74.8 Å². The van der Waals surface area contributed by atoms with Gasteiger partial charge in [-0.2, -0.15) is 4.98 Å². The van der Waals surface area contributed by atoms with Gasteiger partial charge in [-0.3, -0.25) is 4.99 Å². The Bertz CT molecular complexity index is 978. The number of benzene rings is 1. The summed E-state index contributed by atoms with van der Waals surface area (Å²) in [6, 6.07) is 6.60. The molecule has 0 bridgehead atoms. The topological polar surface area (TPSA) is 91.5 Å². The lowest BCUT2D eigenvalue weighted by atomic mass is 9.84. The van der Waals surface area contributed by atoms with Crippen molar-refractivity contribution in [3.8, 4) is 0 Å². The first-order valence-corrected chi connectivity index (χ1v) is 12.1. The number of nitrogens with zero attached hydrogens (tertiary/aromatic N) is 4. The first-order valence-electron chi connectivity index (χ1n) is 12.1. The van der Waals surface area contributed by atoms with Gasteiger partial charge in [-0.15, -0.1) is 0 Å². The van der Waals surface area contributed by atoms with Crippen LogP contribution in [-0.2, 0) is 13.0 Å². The Hall–Kier alpha value is -2.67. The van der Waals surface area contributed by atoms with E-state index in [1.807, 2.05) is 6.20 Å². The van der Waals surface area contributed by atoms with Crippen LogP contribution in [0.4, 0.5) is 17.5 Å². The molecule has 2 saturated carbocycles. The fourth-order valence-electron chi connectivity index (χ4n) is 4.51. The van der Waals surface area contributed by atoms with E-state index in [2.05, 4.69) is 50.8 Å². The van der Waals surface area contributed by atoms with Crippen molar-refractivity contribution in [3.05, 3.63) is 41.1 Å². The van der Waals surface area contributed by atoms with E-state index in [-0.39, 0.29) is 0 Å². The molecular formula is C25H35N7.